The van der Waals surface area contributed by atoms with E-state index >= 15 is 0 Å². The average Bonchev–Trinajstić information content (AvgIpc) is 2.61. The molecule has 1 N–H and O–H groups in total. The first-order valence-corrected chi connectivity index (χ1v) is 9.28. The molecule has 0 aliphatic carbocycles. The normalized spacial score (nSPS) is 11.6. The van der Waals surface area contributed by atoms with E-state index < -0.39 is 40.5 Å². The van der Waals surface area contributed by atoms with Crippen LogP contribution in [0.3, 0.4) is 0 Å². The number of benzene rings is 2. The van der Waals surface area contributed by atoms with Crippen LogP contribution in [-0.2, 0) is 11.2 Å². The Morgan fingerprint density at radius 1 is 1.03 bits per heavy atom. The van der Waals surface area contributed by atoms with Gasteiger partial charge in [0.2, 0.25) is 0 Å². The molecule has 10 heteroatoms. The Bertz CT molecular complexity index is 1200. The number of alkyl carbamates (subject to hydrolysis) is 1. The van der Waals surface area contributed by atoms with Gasteiger partial charge in [-0.15, -0.1) is 0 Å². The van der Waals surface area contributed by atoms with Crippen LogP contribution in [0.4, 0.5) is 22.4 Å². The zero-order valence-corrected chi connectivity index (χ0v) is 16.9. The van der Waals surface area contributed by atoms with Crippen LogP contribution in [0.25, 0.3) is 16.6 Å². The van der Waals surface area contributed by atoms with Gasteiger partial charge in [0.15, 0.2) is 11.6 Å². The average molecular weight is 437 g/mol. The molecule has 6 nitrogen and oxygen atoms in total. The number of aromatic nitrogens is 2. The van der Waals surface area contributed by atoms with Gasteiger partial charge in [0.1, 0.15) is 23.1 Å². The van der Waals surface area contributed by atoms with E-state index in [1.54, 1.807) is 20.8 Å². The molecule has 0 spiro atoms. The molecular formula is C21H19F4N3O3. The van der Waals surface area contributed by atoms with E-state index in [-0.39, 0.29) is 35.4 Å². The van der Waals surface area contributed by atoms with Crippen LogP contribution in [0.2, 0.25) is 0 Å². The number of fused-ring (bicyclic) bond motifs is 1. The molecule has 31 heavy (non-hydrogen) atoms. The SMILES string of the molecule is CC(C)(C)OC(=O)NCCc1nc2cc(F)c(F)cc2c(=O)n1-c1cc(F)cc(F)c1. The maximum absolute atomic E-state index is 13.8. The summed E-state index contributed by atoms with van der Waals surface area (Å²) in [4.78, 5) is 29.0. The number of nitrogens with one attached hydrogen (secondary N) is 1. The maximum Gasteiger partial charge on any atom is 0.407 e. The lowest BCUT2D eigenvalue weighted by Crippen LogP contribution is -2.34. The Labute approximate surface area is 174 Å². The standard InChI is InChI=1S/C21H19F4N3O3/c1-21(2,3)31-20(30)26-5-4-18-27-17-10-16(25)15(24)9-14(17)19(29)28(18)13-7-11(22)6-12(23)8-13/h6-10H,4-5H2,1-3H3,(H,26,30). The second kappa shape index (κ2) is 8.37. The predicted molar refractivity (Wildman–Crippen MR) is 105 cm³/mol. The van der Waals surface area contributed by atoms with E-state index in [0.717, 1.165) is 22.8 Å². The number of ether oxygens (including phenoxy) is 1. The Hall–Kier alpha value is -3.43. The van der Waals surface area contributed by atoms with Crippen molar-refractivity contribution in [2.24, 2.45) is 0 Å². The molecule has 0 bridgehead atoms. The molecule has 0 saturated carbocycles. The van der Waals surface area contributed by atoms with Crippen LogP contribution in [0.15, 0.2) is 35.1 Å². The highest BCUT2D eigenvalue weighted by atomic mass is 19.2. The first kappa shape index (κ1) is 22.3. The number of hydrogen-bond acceptors (Lipinski definition) is 4. The third-order valence-corrected chi connectivity index (χ3v) is 4.10. The Morgan fingerprint density at radius 2 is 1.65 bits per heavy atom. The van der Waals surface area contributed by atoms with Crippen molar-refractivity contribution in [2.75, 3.05) is 6.54 Å². The molecule has 3 rings (SSSR count). The quantitative estimate of drug-likeness (QED) is 0.626. The van der Waals surface area contributed by atoms with Gasteiger partial charge in [-0.1, -0.05) is 0 Å². The fourth-order valence-electron chi connectivity index (χ4n) is 2.92. The maximum atomic E-state index is 13.8. The molecule has 0 aliphatic heterocycles. The van der Waals surface area contributed by atoms with Crippen LogP contribution >= 0.6 is 0 Å². The number of carbonyl (C=O) groups excluding carboxylic acids is 1. The highest BCUT2D eigenvalue weighted by Crippen LogP contribution is 2.18. The van der Waals surface area contributed by atoms with Gasteiger partial charge in [-0.2, -0.15) is 0 Å². The zero-order chi connectivity index (χ0) is 22.9. The summed E-state index contributed by atoms with van der Waals surface area (Å²) in [7, 11) is 0. The van der Waals surface area contributed by atoms with E-state index in [1.807, 2.05) is 0 Å². The van der Waals surface area contributed by atoms with Crippen LogP contribution in [0.1, 0.15) is 26.6 Å². The van der Waals surface area contributed by atoms with E-state index in [0.29, 0.717) is 12.1 Å². The van der Waals surface area contributed by atoms with Gasteiger partial charge < -0.3 is 10.1 Å². The van der Waals surface area contributed by atoms with E-state index in [4.69, 9.17) is 4.74 Å². The second-order valence-corrected chi connectivity index (χ2v) is 7.76. The summed E-state index contributed by atoms with van der Waals surface area (Å²) < 4.78 is 60.9. The minimum atomic E-state index is -1.26. The number of rotatable bonds is 4. The minimum Gasteiger partial charge on any atom is -0.444 e. The molecular weight excluding hydrogens is 418 g/mol. The number of carbonyl (C=O) groups is 1. The highest BCUT2D eigenvalue weighted by Gasteiger charge is 2.19. The lowest BCUT2D eigenvalue weighted by Gasteiger charge is -2.20. The third-order valence-electron chi connectivity index (χ3n) is 4.10. The number of amides is 1. The highest BCUT2D eigenvalue weighted by molar-refractivity contribution is 5.78. The minimum absolute atomic E-state index is 0.0235. The van der Waals surface area contributed by atoms with Crippen molar-refractivity contribution in [3.05, 3.63) is 69.8 Å². The second-order valence-electron chi connectivity index (χ2n) is 7.76. The zero-order valence-electron chi connectivity index (χ0n) is 16.9. The van der Waals surface area contributed by atoms with Gasteiger partial charge in [0.05, 0.1) is 16.6 Å². The van der Waals surface area contributed by atoms with Crippen LogP contribution in [0, 0.1) is 23.3 Å². The summed E-state index contributed by atoms with van der Waals surface area (Å²) in [6.07, 6.45) is -0.784. The van der Waals surface area contributed by atoms with Crippen molar-refractivity contribution < 1.29 is 27.1 Å². The van der Waals surface area contributed by atoms with Gasteiger partial charge in [-0.3, -0.25) is 9.36 Å². The van der Waals surface area contributed by atoms with Gasteiger partial charge in [-0.05, 0) is 39.0 Å². The fourth-order valence-corrected chi connectivity index (χ4v) is 2.92. The molecule has 1 aromatic heterocycles. The number of nitrogens with zero attached hydrogens (tertiary/aromatic N) is 2. The van der Waals surface area contributed by atoms with Crippen molar-refractivity contribution in [3.63, 3.8) is 0 Å². The van der Waals surface area contributed by atoms with Crippen molar-refractivity contribution in [3.8, 4) is 5.69 Å². The molecule has 0 saturated heterocycles. The predicted octanol–water partition coefficient (Wildman–Crippen LogP) is 4.01. The molecule has 0 fully saturated rings. The summed E-state index contributed by atoms with van der Waals surface area (Å²) in [5.74, 6) is -4.37. The van der Waals surface area contributed by atoms with Gasteiger partial charge in [0, 0.05) is 25.1 Å². The van der Waals surface area contributed by atoms with Crippen LogP contribution < -0.4 is 10.9 Å². The van der Waals surface area contributed by atoms with Crippen molar-refractivity contribution >= 4 is 17.0 Å². The largest absolute Gasteiger partial charge is 0.444 e. The number of halogens is 4. The lowest BCUT2D eigenvalue weighted by molar-refractivity contribution is 0.0528. The Balaban J connectivity index is 2.06. The lowest BCUT2D eigenvalue weighted by atomic mass is 10.2. The van der Waals surface area contributed by atoms with E-state index in [1.165, 1.54) is 0 Å². The third kappa shape index (κ3) is 5.19. The Morgan fingerprint density at radius 3 is 2.26 bits per heavy atom. The first-order valence-electron chi connectivity index (χ1n) is 9.28. The summed E-state index contributed by atoms with van der Waals surface area (Å²) in [6, 6.07) is 3.87. The monoisotopic (exact) mass is 437 g/mol. The van der Waals surface area contributed by atoms with E-state index in [9.17, 15) is 27.2 Å². The van der Waals surface area contributed by atoms with Gasteiger partial charge in [-0.25, -0.2) is 27.3 Å². The summed E-state index contributed by atoms with van der Waals surface area (Å²) in [5, 5.41) is 2.21. The van der Waals surface area contributed by atoms with Gasteiger partial charge >= 0.3 is 6.09 Å². The molecule has 0 unspecified atom stereocenters. The van der Waals surface area contributed by atoms with E-state index in [2.05, 4.69) is 10.3 Å². The number of hydrogen-bond donors (Lipinski definition) is 1. The molecule has 164 valence electrons. The van der Waals surface area contributed by atoms with Crippen molar-refractivity contribution in [2.45, 2.75) is 32.8 Å². The van der Waals surface area contributed by atoms with Crippen LogP contribution in [0.5, 0.6) is 0 Å². The molecule has 0 aliphatic rings. The molecule has 1 amide bonds. The van der Waals surface area contributed by atoms with Crippen molar-refractivity contribution in [1.29, 1.82) is 0 Å². The molecule has 2 aromatic carbocycles. The summed E-state index contributed by atoms with van der Waals surface area (Å²) in [5.41, 5.74) is -1.90. The molecule has 0 atom stereocenters. The van der Waals surface area contributed by atoms with Gasteiger partial charge in [0.25, 0.3) is 5.56 Å². The smallest absolute Gasteiger partial charge is 0.407 e. The Kier molecular flexibility index (Phi) is 6.01. The fraction of sp³-hybridized carbons (Fsp3) is 0.286. The molecule has 1 heterocycles. The van der Waals surface area contributed by atoms with Crippen molar-refractivity contribution in [1.82, 2.24) is 14.9 Å². The summed E-state index contributed by atoms with van der Waals surface area (Å²) >= 11 is 0. The topological polar surface area (TPSA) is 73.2 Å². The molecule has 3 aromatic rings. The van der Waals surface area contributed by atoms with Crippen LogP contribution in [-0.4, -0.2) is 27.8 Å². The molecule has 0 radical (unpaired) electrons. The summed E-state index contributed by atoms with van der Waals surface area (Å²) in [6.45, 7) is 5.00. The first-order chi connectivity index (χ1) is 14.4.